The van der Waals surface area contributed by atoms with Gasteiger partial charge in [-0.3, -0.25) is 0 Å². The minimum atomic E-state index is -3.55. The lowest BCUT2D eigenvalue weighted by Gasteiger charge is -2.33. The summed E-state index contributed by atoms with van der Waals surface area (Å²) in [5, 5.41) is 7.21. The van der Waals surface area contributed by atoms with Gasteiger partial charge in [-0.2, -0.15) is 0 Å². The lowest BCUT2D eigenvalue weighted by molar-refractivity contribution is 0.0524. The highest BCUT2D eigenvalue weighted by Crippen LogP contribution is 2.30. The molecular formula is C20H33N3O3S. The van der Waals surface area contributed by atoms with Gasteiger partial charge in [0.15, 0.2) is 0 Å². The van der Waals surface area contributed by atoms with Crippen LogP contribution < -0.4 is 15.4 Å². The van der Waals surface area contributed by atoms with Crippen LogP contribution in [0.15, 0.2) is 29.2 Å². The van der Waals surface area contributed by atoms with Crippen LogP contribution in [0.3, 0.4) is 0 Å². The topological polar surface area (TPSA) is 79.5 Å². The fourth-order valence-electron chi connectivity index (χ4n) is 4.20. The number of sulfonamides is 1. The molecule has 3 unspecified atom stereocenters. The molecule has 0 radical (unpaired) electrons. The van der Waals surface area contributed by atoms with E-state index < -0.39 is 15.6 Å². The van der Waals surface area contributed by atoms with E-state index >= 15 is 0 Å². The highest BCUT2D eigenvalue weighted by atomic mass is 32.2. The molecule has 1 aromatic rings. The summed E-state index contributed by atoms with van der Waals surface area (Å²) in [6.45, 7) is 8.58. The largest absolute Gasteiger partial charge is 0.379 e. The molecule has 152 valence electrons. The van der Waals surface area contributed by atoms with Crippen LogP contribution in [0.25, 0.3) is 0 Å². The molecule has 3 N–H and O–H groups in total. The number of hydrogen-bond donors (Lipinski definition) is 3. The zero-order chi connectivity index (χ0) is 19.5. The second-order valence-corrected chi connectivity index (χ2v) is 10.3. The van der Waals surface area contributed by atoms with Gasteiger partial charge in [-0.05, 0) is 51.2 Å². The Morgan fingerprint density at radius 3 is 2.70 bits per heavy atom. The molecule has 1 heterocycles. The van der Waals surface area contributed by atoms with Crippen molar-refractivity contribution in [2.45, 2.75) is 69.1 Å². The van der Waals surface area contributed by atoms with Gasteiger partial charge in [0, 0.05) is 30.7 Å². The van der Waals surface area contributed by atoms with Crippen LogP contribution in [0, 0.1) is 5.92 Å². The zero-order valence-corrected chi connectivity index (χ0v) is 17.4. The first-order valence-corrected chi connectivity index (χ1v) is 11.4. The summed E-state index contributed by atoms with van der Waals surface area (Å²) in [5.74, 6) is 0.529. The average Bonchev–Trinajstić information content (AvgIpc) is 3.07. The van der Waals surface area contributed by atoms with E-state index in [1.807, 2.05) is 32.9 Å². The first kappa shape index (κ1) is 20.7. The summed E-state index contributed by atoms with van der Waals surface area (Å²) in [6.07, 6.45) is 3.51. The third kappa shape index (κ3) is 5.51. The van der Waals surface area contributed by atoms with Crippen LogP contribution in [0.4, 0.5) is 0 Å². The van der Waals surface area contributed by atoms with Crippen LogP contribution in [0.5, 0.6) is 0 Å². The van der Waals surface area contributed by atoms with E-state index in [1.54, 1.807) is 12.1 Å². The minimum Gasteiger partial charge on any atom is -0.379 e. The lowest BCUT2D eigenvalue weighted by atomic mass is 9.94. The van der Waals surface area contributed by atoms with Crippen LogP contribution in [-0.2, 0) is 21.3 Å². The molecular weight excluding hydrogens is 362 g/mol. The Morgan fingerprint density at radius 1 is 1.22 bits per heavy atom. The van der Waals surface area contributed by atoms with Gasteiger partial charge in [0.25, 0.3) is 0 Å². The van der Waals surface area contributed by atoms with Crippen molar-refractivity contribution in [2.75, 3.05) is 19.8 Å². The summed E-state index contributed by atoms with van der Waals surface area (Å²) in [4.78, 5) is 0.362. The molecule has 2 fully saturated rings. The van der Waals surface area contributed by atoms with Gasteiger partial charge in [0.2, 0.25) is 10.0 Å². The van der Waals surface area contributed by atoms with E-state index in [2.05, 4.69) is 15.4 Å². The first-order chi connectivity index (χ1) is 12.8. The van der Waals surface area contributed by atoms with Gasteiger partial charge in [-0.25, -0.2) is 13.1 Å². The standard InChI is InChI=1S/C20H33N3O3S/c1-20(2,3)23-27(24,25)19-10-5-4-7-15(19)13-22-17-9-6-8-16(17)18-14-26-12-11-21-18/h4-5,7,10,16-18,21-23H,6,8-9,11-14H2,1-3H3. The zero-order valence-electron chi connectivity index (χ0n) is 16.6. The monoisotopic (exact) mass is 395 g/mol. The van der Waals surface area contributed by atoms with Gasteiger partial charge in [-0.1, -0.05) is 24.6 Å². The molecule has 0 aromatic heterocycles. The van der Waals surface area contributed by atoms with E-state index in [1.165, 1.54) is 12.8 Å². The van der Waals surface area contributed by atoms with Gasteiger partial charge in [0.1, 0.15) is 0 Å². The summed E-state index contributed by atoms with van der Waals surface area (Å²) in [6, 6.07) is 8.04. The lowest BCUT2D eigenvalue weighted by Crippen LogP contribution is -2.50. The Balaban J connectivity index is 1.69. The molecule has 6 nitrogen and oxygen atoms in total. The summed E-state index contributed by atoms with van der Waals surface area (Å²) >= 11 is 0. The molecule has 2 aliphatic rings. The van der Waals surface area contributed by atoms with Crippen LogP contribution in [0.2, 0.25) is 0 Å². The maximum absolute atomic E-state index is 12.8. The van der Waals surface area contributed by atoms with Crippen LogP contribution in [-0.4, -0.2) is 45.8 Å². The number of ether oxygens (including phenoxy) is 1. The Hall–Kier alpha value is -0.990. The molecule has 0 spiro atoms. The fourth-order valence-corrected chi connectivity index (χ4v) is 5.85. The molecule has 1 aliphatic heterocycles. The molecule has 1 saturated heterocycles. The van der Waals surface area contributed by atoms with Crippen LogP contribution in [0.1, 0.15) is 45.6 Å². The molecule has 0 bridgehead atoms. The highest BCUT2D eigenvalue weighted by molar-refractivity contribution is 7.89. The van der Waals surface area contributed by atoms with Crippen molar-refractivity contribution in [1.29, 1.82) is 0 Å². The SMILES string of the molecule is CC(C)(C)NS(=O)(=O)c1ccccc1CNC1CCCC1C1COCCN1. The second-order valence-electron chi connectivity index (χ2n) is 8.68. The normalized spacial score (nSPS) is 27.0. The fraction of sp³-hybridized carbons (Fsp3) is 0.700. The maximum Gasteiger partial charge on any atom is 0.241 e. The summed E-state index contributed by atoms with van der Waals surface area (Å²) in [7, 11) is -3.55. The van der Waals surface area contributed by atoms with Crippen molar-refractivity contribution >= 4 is 10.0 Å². The molecule has 7 heteroatoms. The van der Waals surface area contributed by atoms with Crippen molar-refractivity contribution in [3.05, 3.63) is 29.8 Å². The Bertz CT molecular complexity index is 724. The number of hydrogen-bond acceptors (Lipinski definition) is 5. The second kappa shape index (κ2) is 8.57. The van der Waals surface area contributed by atoms with Crippen molar-refractivity contribution < 1.29 is 13.2 Å². The van der Waals surface area contributed by atoms with Crippen molar-refractivity contribution in [3.63, 3.8) is 0 Å². The van der Waals surface area contributed by atoms with E-state index in [0.717, 1.165) is 31.7 Å². The molecule has 1 aromatic carbocycles. The summed E-state index contributed by atoms with van der Waals surface area (Å²) in [5.41, 5.74) is 0.301. The smallest absolute Gasteiger partial charge is 0.241 e. The molecule has 1 aliphatic carbocycles. The molecule has 3 rings (SSSR count). The third-order valence-electron chi connectivity index (χ3n) is 5.29. The van der Waals surface area contributed by atoms with Crippen molar-refractivity contribution in [1.82, 2.24) is 15.4 Å². The molecule has 3 atom stereocenters. The van der Waals surface area contributed by atoms with Crippen LogP contribution >= 0.6 is 0 Å². The van der Waals surface area contributed by atoms with Gasteiger partial charge in [-0.15, -0.1) is 0 Å². The molecule has 0 amide bonds. The van der Waals surface area contributed by atoms with Crippen molar-refractivity contribution in [3.8, 4) is 0 Å². The molecule has 1 saturated carbocycles. The third-order valence-corrected chi connectivity index (χ3v) is 7.15. The average molecular weight is 396 g/mol. The minimum absolute atomic E-state index is 0.362. The Morgan fingerprint density at radius 2 is 2.00 bits per heavy atom. The molecule has 27 heavy (non-hydrogen) atoms. The number of benzene rings is 1. The predicted molar refractivity (Wildman–Crippen MR) is 107 cm³/mol. The van der Waals surface area contributed by atoms with E-state index in [4.69, 9.17) is 4.74 Å². The number of morpholine rings is 1. The number of nitrogens with one attached hydrogen (secondary N) is 3. The van der Waals surface area contributed by atoms with Gasteiger partial charge >= 0.3 is 0 Å². The van der Waals surface area contributed by atoms with E-state index in [9.17, 15) is 8.42 Å². The van der Waals surface area contributed by atoms with Gasteiger partial charge < -0.3 is 15.4 Å². The van der Waals surface area contributed by atoms with E-state index in [-0.39, 0.29) is 0 Å². The quantitative estimate of drug-likeness (QED) is 0.687. The van der Waals surface area contributed by atoms with Gasteiger partial charge in [0.05, 0.1) is 18.1 Å². The van der Waals surface area contributed by atoms with E-state index in [0.29, 0.717) is 29.4 Å². The predicted octanol–water partition coefficient (Wildman–Crippen LogP) is 2.01. The van der Waals surface area contributed by atoms with Crippen molar-refractivity contribution in [2.24, 2.45) is 5.92 Å². The summed E-state index contributed by atoms with van der Waals surface area (Å²) < 4.78 is 34.0. The first-order valence-electron chi connectivity index (χ1n) is 9.93. The highest BCUT2D eigenvalue weighted by Gasteiger charge is 2.34. The Kier molecular flexibility index (Phi) is 6.58. The maximum atomic E-state index is 12.8. The number of rotatable bonds is 6. The Labute approximate surface area is 163 Å².